The van der Waals surface area contributed by atoms with Gasteiger partial charge in [0.1, 0.15) is 5.60 Å². The first-order chi connectivity index (χ1) is 10.7. The Kier molecular flexibility index (Phi) is 4.75. The van der Waals surface area contributed by atoms with E-state index in [9.17, 15) is 13.2 Å². The van der Waals surface area contributed by atoms with Crippen LogP contribution in [-0.2, 0) is 19.6 Å². The van der Waals surface area contributed by atoms with Crippen molar-refractivity contribution in [2.75, 3.05) is 0 Å². The van der Waals surface area contributed by atoms with Gasteiger partial charge in [0.05, 0.1) is 10.6 Å². The number of aromatic nitrogens is 1. The van der Waals surface area contributed by atoms with Gasteiger partial charge < -0.3 is 4.74 Å². The molecule has 6 heteroatoms. The zero-order valence-corrected chi connectivity index (χ0v) is 14.1. The Hall–Kier alpha value is -2.34. The standard InChI is InChI=1S/C17H19NO4S/c1-17(2,3)22-16(19)12-11-14-8-7-13-18(14)23(20,21)15-9-5-4-6-10-15/h4-13H,1-3H3/b12-11+. The number of hydrogen-bond acceptors (Lipinski definition) is 4. The predicted octanol–water partition coefficient (Wildman–Crippen LogP) is 3.08. The quantitative estimate of drug-likeness (QED) is 0.637. The maximum atomic E-state index is 12.6. The van der Waals surface area contributed by atoms with E-state index in [0.717, 1.165) is 3.97 Å². The van der Waals surface area contributed by atoms with Gasteiger partial charge in [-0.3, -0.25) is 0 Å². The molecule has 0 spiro atoms. The summed E-state index contributed by atoms with van der Waals surface area (Å²) in [6.07, 6.45) is 4.09. The van der Waals surface area contributed by atoms with Crippen LogP contribution in [0.3, 0.4) is 0 Å². The molecule has 5 nitrogen and oxygen atoms in total. The molecule has 1 aromatic carbocycles. The molecule has 1 heterocycles. The molecule has 2 aromatic rings. The fraction of sp³-hybridized carbons (Fsp3) is 0.235. The van der Waals surface area contributed by atoms with Crippen LogP contribution in [0.1, 0.15) is 26.5 Å². The number of carbonyl (C=O) groups is 1. The SMILES string of the molecule is CC(C)(C)OC(=O)/C=C/c1cccn1S(=O)(=O)c1ccccc1. The zero-order valence-electron chi connectivity index (χ0n) is 13.3. The molecule has 0 aliphatic rings. The van der Waals surface area contributed by atoms with E-state index in [2.05, 4.69) is 0 Å². The van der Waals surface area contributed by atoms with Crippen molar-refractivity contribution in [3.05, 3.63) is 60.4 Å². The van der Waals surface area contributed by atoms with Crippen LogP contribution in [0.4, 0.5) is 0 Å². The first-order valence-electron chi connectivity index (χ1n) is 7.09. The summed E-state index contributed by atoms with van der Waals surface area (Å²) in [5, 5.41) is 0. The number of hydrogen-bond donors (Lipinski definition) is 0. The number of nitrogens with zero attached hydrogens (tertiary/aromatic N) is 1. The Bertz CT molecular complexity index is 812. The van der Waals surface area contributed by atoms with E-state index in [1.54, 1.807) is 51.1 Å². The summed E-state index contributed by atoms with van der Waals surface area (Å²) >= 11 is 0. The van der Waals surface area contributed by atoms with Crippen LogP contribution in [0.15, 0.2) is 59.6 Å². The Morgan fingerprint density at radius 1 is 1.09 bits per heavy atom. The highest BCUT2D eigenvalue weighted by Gasteiger charge is 2.18. The highest BCUT2D eigenvalue weighted by Crippen LogP contribution is 2.17. The molecule has 0 bridgehead atoms. The first kappa shape index (κ1) is 17.0. The number of rotatable bonds is 4. The molecule has 0 N–H and O–H groups in total. The fourth-order valence-corrected chi connectivity index (χ4v) is 3.28. The van der Waals surface area contributed by atoms with Gasteiger partial charge in [-0.2, -0.15) is 0 Å². The molecule has 0 fully saturated rings. The third-order valence-corrected chi connectivity index (χ3v) is 4.56. The average Bonchev–Trinajstić information content (AvgIpc) is 2.93. The van der Waals surface area contributed by atoms with Gasteiger partial charge in [0.25, 0.3) is 10.0 Å². The monoisotopic (exact) mass is 333 g/mol. The van der Waals surface area contributed by atoms with Crippen molar-refractivity contribution >= 4 is 22.1 Å². The second-order valence-electron chi connectivity index (χ2n) is 5.91. The minimum absolute atomic E-state index is 0.183. The van der Waals surface area contributed by atoms with Crippen molar-refractivity contribution in [2.45, 2.75) is 31.3 Å². The van der Waals surface area contributed by atoms with Crippen LogP contribution in [0.2, 0.25) is 0 Å². The molecular formula is C17H19NO4S. The summed E-state index contributed by atoms with van der Waals surface area (Å²) in [4.78, 5) is 11.9. The van der Waals surface area contributed by atoms with Crippen molar-refractivity contribution in [3.8, 4) is 0 Å². The molecule has 0 amide bonds. The Morgan fingerprint density at radius 3 is 2.35 bits per heavy atom. The van der Waals surface area contributed by atoms with E-state index in [1.165, 1.54) is 30.5 Å². The number of ether oxygens (including phenoxy) is 1. The molecule has 0 saturated carbocycles. The molecule has 0 aliphatic carbocycles. The largest absolute Gasteiger partial charge is 0.457 e. The van der Waals surface area contributed by atoms with E-state index in [1.807, 2.05) is 0 Å². The number of benzene rings is 1. The summed E-state index contributed by atoms with van der Waals surface area (Å²) < 4.78 is 31.5. The van der Waals surface area contributed by atoms with Gasteiger partial charge in [0.2, 0.25) is 0 Å². The third-order valence-electron chi connectivity index (χ3n) is 2.84. The summed E-state index contributed by atoms with van der Waals surface area (Å²) in [5.41, 5.74) is -0.223. The van der Waals surface area contributed by atoms with Crippen molar-refractivity contribution < 1.29 is 17.9 Å². The van der Waals surface area contributed by atoms with Gasteiger partial charge in [-0.15, -0.1) is 0 Å². The number of carbonyl (C=O) groups excluding carboxylic acids is 1. The van der Waals surface area contributed by atoms with Crippen molar-refractivity contribution in [2.24, 2.45) is 0 Å². The maximum absolute atomic E-state index is 12.6. The zero-order chi connectivity index (χ0) is 17.1. The fourth-order valence-electron chi connectivity index (χ4n) is 1.92. The predicted molar refractivity (Wildman–Crippen MR) is 88.3 cm³/mol. The second-order valence-corrected chi connectivity index (χ2v) is 7.73. The molecular weight excluding hydrogens is 314 g/mol. The van der Waals surface area contributed by atoms with E-state index in [-0.39, 0.29) is 4.90 Å². The lowest BCUT2D eigenvalue weighted by Crippen LogP contribution is -2.22. The summed E-state index contributed by atoms with van der Waals surface area (Å²) in [7, 11) is -3.70. The minimum atomic E-state index is -3.70. The topological polar surface area (TPSA) is 65.4 Å². The van der Waals surface area contributed by atoms with Crippen LogP contribution >= 0.6 is 0 Å². The van der Waals surface area contributed by atoms with E-state index >= 15 is 0 Å². The maximum Gasteiger partial charge on any atom is 0.331 e. The summed E-state index contributed by atoms with van der Waals surface area (Å²) in [5.74, 6) is -0.526. The van der Waals surface area contributed by atoms with Crippen molar-refractivity contribution in [1.82, 2.24) is 3.97 Å². The molecule has 0 radical (unpaired) electrons. The molecule has 23 heavy (non-hydrogen) atoms. The molecule has 0 unspecified atom stereocenters. The lowest BCUT2D eigenvalue weighted by Gasteiger charge is -2.17. The van der Waals surface area contributed by atoms with Gasteiger partial charge in [-0.05, 0) is 51.1 Å². The summed E-state index contributed by atoms with van der Waals surface area (Å²) in [6, 6.07) is 11.3. The van der Waals surface area contributed by atoms with Crippen LogP contribution in [-0.4, -0.2) is 24.0 Å². The van der Waals surface area contributed by atoms with Crippen LogP contribution < -0.4 is 0 Å². The van der Waals surface area contributed by atoms with Crippen LogP contribution in [0, 0.1) is 0 Å². The Balaban J connectivity index is 2.29. The third kappa shape index (κ3) is 4.32. The van der Waals surface area contributed by atoms with E-state index < -0.39 is 21.6 Å². The van der Waals surface area contributed by atoms with Crippen LogP contribution in [0.5, 0.6) is 0 Å². The lowest BCUT2D eigenvalue weighted by molar-refractivity contribution is -0.148. The minimum Gasteiger partial charge on any atom is -0.457 e. The van der Waals surface area contributed by atoms with E-state index in [0.29, 0.717) is 5.69 Å². The van der Waals surface area contributed by atoms with E-state index in [4.69, 9.17) is 4.74 Å². The van der Waals surface area contributed by atoms with Crippen molar-refractivity contribution in [1.29, 1.82) is 0 Å². The van der Waals surface area contributed by atoms with Gasteiger partial charge in [-0.25, -0.2) is 17.2 Å². The smallest absolute Gasteiger partial charge is 0.331 e. The van der Waals surface area contributed by atoms with Gasteiger partial charge in [-0.1, -0.05) is 18.2 Å². The molecule has 0 atom stereocenters. The average molecular weight is 333 g/mol. The van der Waals surface area contributed by atoms with Gasteiger partial charge in [0, 0.05) is 12.3 Å². The highest BCUT2D eigenvalue weighted by molar-refractivity contribution is 7.90. The van der Waals surface area contributed by atoms with Crippen LogP contribution in [0.25, 0.3) is 6.08 Å². The number of esters is 1. The van der Waals surface area contributed by atoms with Crippen molar-refractivity contribution in [3.63, 3.8) is 0 Å². The first-order valence-corrected chi connectivity index (χ1v) is 8.53. The summed E-state index contributed by atoms with van der Waals surface area (Å²) in [6.45, 7) is 5.30. The molecule has 2 rings (SSSR count). The molecule has 0 saturated heterocycles. The normalized spacial score (nSPS) is 12.5. The second kappa shape index (κ2) is 6.42. The Morgan fingerprint density at radius 2 is 1.74 bits per heavy atom. The molecule has 1 aromatic heterocycles. The highest BCUT2D eigenvalue weighted by atomic mass is 32.2. The van der Waals surface area contributed by atoms with Gasteiger partial charge in [0.15, 0.2) is 0 Å². The Labute approximate surface area is 136 Å². The molecule has 0 aliphatic heterocycles. The lowest BCUT2D eigenvalue weighted by atomic mass is 10.2. The molecule has 122 valence electrons. The van der Waals surface area contributed by atoms with Gasteiger partial charge >= 0.3 is 5.97 Å².